The average Bonchev–Trinajstić information content (AvgIpc) is 1.56. The quantitative estimate of drug-likeness (QED) is 0.342. The van der Waals surface area contributed by atoms with Gasteiger partial charge >= 0.3 is 37.7 Å². The molecule has 0 bridgehead atoms. The molecule has 0 saturated heterocycles. The molecule has 0 aliphatic heterocycles. The summed E-state index contributed by atoms with van der Waals surface area (Å²) in [6.07, 6.45) is -0.516. The van der Waals surface area contributed by atoms with Crippen LogP contribution >= 0.6 is 0 Å². The van der Waals surface area contributed by atoms with Gasteiger partial charge in [0.15, 0.2) is 0 Å². The Morgan fingerprint density at radius 3 is 1.23 bits per heavy atom. The largest absolute Gasteiger partial charge is 1.00 e. The van der Waals surface area contributed by atoms with Crippen LogP contribution in [0.2, 0.25) is 0 Å². The molecule has 0 rings (SSSR count). The van der Waals surface area contributed by atoms with Crippen molar-refractivity contribution >= 4 is 20.2 Å². The second kappa shape index (κ2) is 6.49. The summed E-state index contributed by atoms with van der Waals surface area (Å²) in [6.45, 7) is 1.13. The van der Waals surface area contributed by atoms with Gasteiger partial charge < -0.3 is 9.11 Å². The van der Waals surface area contributed by atoms with Gasteiger partial charge in [-0.2, -0.15) is 0 Å². The normalized spacial score (nSPS) is 11.7. The minimum Gasteiger partial charge on any atom is -0.747 e. The van der Waals surface area contributed by atoms with Crippen molar-refractivity contribution < 1.29 is 63.7 Å². The summed E-state index contributed by atoms with van der Waals surface area (Å²) in [5.74, 6) is 0. The van der Waals surface area contributed by atoms with Crippen LogP contribution in [0, 0.1) is 0 Å². The van der Waals surface area contributed by atoms with Gasteiger partial charge in [-0.25, -0.2) is 16.8 Å². The van der Waals surface area contributed by atoms with E-state index in [1.54, 1.807) is 0 Å². The Kier molecular flexibility index (Phi) is 9.77. The Balaban J connectivity index is -0.000000500. The predicted molar refractivity (Wildman–Crippen MR) is 33.5 cm³/mol. The first-order chi connectivity index (χ1) is 4.69. The zero-order valence-electron chi connectivity index (χ0n) is 7.55. The van der Waals surface area contributed by atoms with E-state index in [0.29, 0.717) is 0 Å². The Morgan fingerprint density at radius 2 is 1.23 bits per heavy atom. The molecule has 0 aromatic carbocycles. The zero-order chi connectivity index (χ0) is 9.28. The molecule has 0 aromatic heterocycles. The first-order valence-electron chi connectivity index (χ1n) is 2.59. The van der Waals surface area contributed by atoms with Gasteiger partial charge in [-0.1, -0.05) is 6.92 Å². The molecule has 0 aromatic rings. The van der Waals surface area contributed by atoms with Crippen LogP contribution in [0.15, 0.2) is 0 Å². The van der Waals surface area contributed by atoms with Crippen LogP contribution in [0.3, 0.4) is 0 Å². The van der Waals surface area contributed by atoms with Crippen LogP contribution in [0.4, 0.5) is 0 Å². The molecule has 68 valence electrons. The molecule has 0 spiro atoms. The van der Waals surface area contributed by atoms with Crippen molar-refractivity contribution in [3.05, 3.63) is 0 Å². The van der Waals surface area contributed by atoms with Gasteiger partial charge in [-0.15, -0.1) is 0 Å². The van der Waals surface area contributed by atoms with E-state index in [1.165, 1.54) is 0 Å². The standard InChI is InChI=1S/C3H8O6S2.2Li/c1-2-3(10(4,5)6)11(7,8)9;;/h3H,2H2,1H3,(H,4,5,6)(H,7,8,9);;/q;2*+1/p-2. The number of hydrogen-bond acceptors (Lipinski definition) is 6. The van der Waals surface area contributed by atoms with Gasteiger partial charge in [0.25, 0.3) is 0 Å². The summed E-state index contributed by atoms with van der Waals surface area (Å²) in [5, 5.41) is 0. The van der Waals surface area contributed by atoms with Crippen LogP contribution in [0.1, 0.15) is 13.3 Å². The minimum atomic E-state index is -5.02. The fraction of sp³-hybridized carbons (Fsp3) is 1.00. The van der Waals surface area contributed by atoms with Crippen molar-refractivity contribution in [2.75, 3.05) is 0 Å². The molecule has 0 heterocycles. The van der Waals surface area contributed by atoms with Gasteiger partial charge in [-0.05, 0) is 6.42 Å². The summed E-state index contributed by atoms with van der Waals surface area (Å²) in [5.41, 5.74) is 0. The molecular formula is C3H6Li2O6S2. The molecule has 10 heteroatoms. The van der Waals surface area contributed by atoms with Gasteiger partial charge in [0.05, 0.1) is 0 Å². The van der Waals surface area contributed by atoms with Crippen LogP contribution in [-0.4, -0.2) is 30.5 Å². The molecule has 0 aliphatic rings. The first-order valence-corrected chi connectivity index (χ1v) is 5.53. The second-order valence-electron chi connectivity index (χ2n) is 1.82. The summed E-state index contributed by atoms with van der Waals surface area (Å²) < 4.78 is 58.1. The van der Waals surface area contributed by atoms with Crippen molar-refractivity contribution in [2.45, 2.75) is 17.9 Å². The van der Waals surface area contributed by atoms with Crippen molar-refractivity contribution in [3.8, 4) is 0 Å². The van der Waals surface area contributed by atoms with Gasteiger partial charge in [0.1, 0.15) is 24.8 Å². The third kappa shape index (κ3) is 7.00. The maximum Gasteiger partial charge on any atom is 1.00 e. The van der Waals surface area contributed by atoms with E-state index in [-0.39, 0.29) is 37.7 Å². The Labute approximate surface area is 101 Å². The van der Waals surface area contributed by atoms with Crippen LogP contribution in [0.25, 0.3) is 0 Å². The molecule has 0 N–H and O–H groups in total. The SMILES string of the molecule is CCC(S(=O)(=O)[O-])S(=O)(=O)[O-].[Li+].[Li+]. The maximum atomic E-state index is 10.1. The van der Waals surface area contributed by atoms with E-state index in [0.717, 1.165) is 6.92 Å². The van der Waals surface area contributed by atoms with Crippen LogP contribution in [0.5, 0.6) is 0 Å². The Bertz CT molecular complexity index is 286. The molecule has 0 fully saturated rings. The van der Waals surface area contributed by atoms with E-state index >= 15 is 0 Å². The molecule has 0 atom stereocenters. The molecule has 0 amide bonds. The van der Waals surface area contributed by atoms with E-state index in [1.807, 2.05) is 0 Å². The van der Waals surface area contributed by atoms with Gasteiger partial charge in [0, 0.05) is 0 Å². The molecule has 0 radical (unpaired) electrons. The average molecular weight is 216 g/mol. The number of rotatable bonds is 3. The smallest absolute Gasteiger partial charge is 0.747 e. The minimum absolute atomic E-state index is 0. The monoisotopic (exact) mass is 216 g/mol. The topological polar surface area (TPSA) is 114 Å². The fourth-order valence-electron chi connectivity index (χ4n) is 0.553. The molecule has 6 nitrogen and oxygen atoms in total. The summed E-state index contributed by atoms with van der Waals surface area (Å²) >= 11 is 0. The third-order valence-electron chi connectivity index (χ3n) is 0.977. The maximum absolute atomic E-state index is 10.1. The summed E-state index contributed by atoms with van der Waals surface area (Å²) in [7, 11) is -10.0. The zero-order valence-corrected chi connectivity index (χ0v) is 9.18. The van der Waals surface area contributed by atoms with E-state index in [2.05, 4.69) is 0 Å². The van der Waals surface area contributed by atoms with E-state index in [4.69, 9.17) is 0 Å². The molecule has 13 heavy (non-hydrogen) atoms. The Hall–Kier alpha value is 1.01. The van der Waals surface area contributed by atoms with Gasteiger partial charge in [0.2, 0.25) is 0 Å². The second-order valence-corrected chi connectivity index (χ2v) is 5.23. The van der Waals surface area contributed by atoms with Crippen LogP contribution < -0.4 is 37.7 Å². The molecular weight excluding hydrogens is 210 g/mol. The fourth-order valence-corrected chi connectivity index (χ4v) is 2.52. The summed E-state index contributed by atoms with van der Waals surface area (Å²) in [6, 6.07) is 0. The Morgan fingerprint density at radius 1 is 1.00 bits per heavy atom. The molecule has 0 unspecified atom stereocenters. The van der Waals surface area contributed by atoms with Gasteiger partial charge in [-0.3, -0.25) is 0 Å². The number of hydrogen-bond donors (Lipinski definition) is 0. The summed E-state index contributed by atoms with van der Waals surface area (Å²) in [4.78, 5) is 0. The van der Waals surface area contributed by atoms with Crippen molar-refractivity contribution in [1.29, 1.82) is 0 Å². The van der Waals surface area contributed by atoms with Crippen molar-refractivity contribution in [2.24, 2.45) is 0 Å². The predicted octanol–water partition coefficient (Wildman–Crippen LogP) is -7.18. The van der Waals surface area contributed by atoms with Crippen LogP contribution in [-0.2, 0) is 20.2 Å². The van der Waals surface area contributed by atoms with E-state index in [9.17, 15) is 25.9 Å². The van der Waals surface area contributed by atoms with E-state index < -0.39 is 31.2 Å². The van der Waals surface area contributed by atoms with Crippen molar-refractivity contribution in [3.63, 3.8) is 0 Å². The molecule has 0 aliphatic carbocycles. The van der Waals surface area contributed by atoms with Crippen molar-refractivity contribution in [1.82, 2.24) is 0 Å². The third-order valence-corrected chi connectivity index (χ3v) is 4.35. The molecule has 0 saturated carbocycles. The first kappa shape index (κ1) is 19.6.